The van der Waals surface area contributed by atoms with E-state index in [1.165, 1.54) is 17.5 Å². The van der Waals surface area contributed by atoms with Crippen molar-refractivity contribution >= 4 is 5.97 Å². The van der Waals surface area contributed by atoms with Gasteiger partial charge in [-0.05, 0) is 52.3 Å². The van der Waals surface area contributed by atoms with Crippen LogP contribution in [0.2, 0.25) is 0 Å². The highest BCUT2D eigenvalue weighted by molar-refractivity contribution is 5.76. The third kappa shape index (κ3) is 3.49. The van der Waals surface area contributed by atoms with Crippen LogP contribution < -0.4 is 0 Å². The van der Waals surface area contributed by atoms with E-state index < -0.39 is 11.9 Å². The van der Waals surface area contributed by atoms with E-state index in [0.29, 0.717) is 6.42 Å². The maximum atomic E-state index is 12.0. The Bertz CT molecular complexity index is 772. The van der Waals surface area contributed by atoms with Crippen molar-refractivity contribution in [2.24, 2.45) is 0 Å². The average molecular weight is 336 g/mol. The Morgan fingerprint density at radius 1 is 0.960 bits per heavy atom. The largest absolute Gasteiger partial charge is 0.481 e. The SMILES string of the molecule is CC1(C)CCC(C)(C)c2cc([C@H](Cc3ccccc3)C(=O)O)ccc21. The minimum Gasteiger partial charge on any atom is -0.481 e. The number of hydrogen-bond acceptors (Lipinski definition) is 1. The zero-order chi connectivity index (χ0) is 18.2. The van der Waals surface area contributed by atoms with E-state index in [0.717, 1.165) is 17.5 Å². The molecule has 1 atom stereocenters. The molecule has 1 N–H and O–H groups in total. The molecular formula is C23H28O2. The molecule has 2 aromatic rings. The molecule has 3 rings (SSSR count). The monoisotopic (exact) mass is 336 g/mol. The standard InChI is InChI=1S/C23H28O2/c1-22(2)12-13-23(3,4)20-15-17(10-11-19(20)22)18(21(24)25)14-16-8-6-5-7-9-16/h5-11,15,18H,12-14H2,1-4H3,(H,24,25)/t18-/m0/s1. The van der Waals surface area contributed by atoms with Crippen molar-refractivity contribution in [1.82, 2.24) is 0 Å². The molecule has 0 unspecified atom stereocenters. The molecule has 0 radical (unpaired) electrons. The minimum absolute atomic E-state index is 0.0939. The van der Waals surface area contributed by atoms with Crippen LogP contribution in [0.3, 0.4) is 0 Å². The van der Waals surface area contributed by atoms with Crippen LogP contribution in [0, 0.1) is 0 Å². The Kier molecular flexibility index (Phi) is 4.49. The van der Waals surface area contributed by atoms with Crippen molar-refractivity contribution < 1.29 is 9.90 Å². The van der Waals surface area contributed by atoms with Crippen molar-refractivity contribution in [3.8, 4) is 0 Å². The molecular weight excluding hydrogens is 308 g/mol. The van der Waals surface area contributed by atoms with E-state index in [-0.39, 0.29) is 10.8 Å². The number of benzene rings is 2. The minimum atomic E-state index is -0.753. The molecule has 2 aromatic carbocycles. The molecule has 25 heavy (non-hydrogen) atoms. The van der Waals surface area contributed by atoms with Crippen LogP contribution in [0.4, 0.5) is 0 Å². The summed E-state index contributed by atoms with van der Waals surface area (Å²) < 4.78 is 0. The fourth-order valence-corrected chi connectivity index (χ4v) is 4.02. The summed E-state index contributed by atoms with van der Waals surface area (Å²) in [6.07, 6.45) is 2.82. The van der Waals surface area contributed by atoms with E-state index in [1.54, 1.807) is 0 Å². The second kappa shape index (κ2) is 6.33. The van der Waals surface area contributed by atoms with Crippen molar-refractivity contribution in [1.29, 1.82) is 0 Å². The topological polar surface area (TPSA) is 37.3 Å². The number of hydrogen-bond donors (Lipinski definition) is 1. The van der Waals surface area contributed by atoms with Crippen LogP contribution in [0.15, 0.2) is 48.5 Å². The fraction of sp³-hybridized carbons (Fsp3) is 0.435. The van der Waals surface area contributed by atoms with Gasteiger partial charge >= 0.3 is 5.97 Å². The highest BCUT2D eigenvalue weighted by Gasteiger charge is 2.37. The van der Waals surface area contributed by atoms with E-state index in [2.05, 4.69) is 39.8 Å². The van der Waals surface area contributed by atoms with Gasteiger partial charge in [0.05, 0.1) is 5.92 Å². The number of carbonyl (C=O) groups is 1. The maximum Gasteiger partial charge on any atom is 0.311 e. The summed E-state index contributed by atoms with van der Waals surface area (Å²) in [5.41, 5.74) is 4.92. The Morgan fingerprint density at radius 3 is 2.16 bits per heavy atom. The second-order valence-corrected chi connectivity index (χ2v) is 8.65. The second-order valence-electron chi connectivity index (χ2n) is 8.65. The molecule has 0 aromatic heterocycles. The van der Waals surface area contributed by atoms with Gasteiger partial charge in [0.25, 0.3) is 0 Å². The highest BCUT2D eigenvalue weighted by atomic mass is 16.4. The summed E-state index contributed by atoms with van der Waals surface area (Å²) in [6.45, 7) is 9.13. The van der Waals surface area contributed by atoms with Crippen LogP contribution >= 0.6 is 0 Å². The maximum absolute atomic E-state index is 12.0. The van der Waals surface area contributed by atoms with Crippen LogP contribution in [-0.2, 0) is 22.0 Å². The first-order valence-corrected chi connectivity index (χ1v) is 9.12. The lowest BCUT2D eigenvalue weighted by atomic mass is 9.62. The lowest BCUT2D eigenvalue weighted by molar-refractivity contribution is -0.138. The highest BCUT2D eigenvalue weighted by Crippen LogP contribution is 2.46. The van der Waals surface area contributed by atoms with Crippen molar-refractivity contribution in [2.75, 3.05) is 0 Å². The van der Waals surface area contributed by atoms with E-state index in [4.69, 9.17) is 0 Å². The van der Waals surface area contributed by atoms with Gasteiger partial charge in [0, 0.05) is 0 Å². The Balaban J connectivity index is 2.03. The number of aliphatic carboxylic acids is 1. The zero-order valence-electron chi connectivity index (χ0n) is 15.7. The molecule has 0 saturated carbocycles. The van der Waals surface area contributed by atoms with Gasteiger partial charge in [0.2, 0.25) is 0 Å². The van der Waals surface area contributed by atoms with Gasteiger partial charge in [-0.25, -0.2) is 0 Å². The summed E-state index contributed by atoms with van der Waals surface area (Å²) in [6, 6.07) is 16.3. The van der Waals surface area contributed by atoms with E-state index >= 15 is 0 Å². The first kappa shape index (κ1) is 17.7. The molecule has 0 aliphatic heterocycles. The van der Waals surface area contributed by atoms with Crippen LogP contribution in [0.5, 0.6) is 0 Å². The van der Waals surface area contributed by atoms with Gasteiger partial charge in [-0.2, -0.15) is 0 Å². The first-order chi connectivity index (χ1) is 11.7. The van der Waals surface area contributed by atoms with Crippen LogP contribution in [0.1, 0.15) is 68.7 Å². The Labute approximate surface area is 150 Å². The van der Waals surface area contributed by atoms with Crippen molar-refractivity contribution in [3.63, 3.8) is 0 Å². The molecule has 0 saturated heterocycles. The normalized spacial score (nSPS) is 19.0. The molecule has 132 valence electrons. The number of carboxylic acids is 1. The summed E-state index contributed by atoms with van der Waals surface area (Å²) >= 11 is 0. The Hall–Kier alpha value is -2.09. The third-order valence-electron chi connectivity index (χ3n) is 5.86. The van der Waals surface area contributed by atoms with Crippen LogP contribution in [0.25, 0.3) is 0 Å². The summed E-state index contributed by atoms with van der Waals surface area (Å²) in [4.78, 5) is 12.0. The molecule has 0 fully saturated rings. The van der Waals surface area contributed by atoms with Gasteiger partial charge < -0.3 is 5.11 Å². The molecule has 2 nitrogen and oxygen atoms in total. The van der Waals surface area contributed by atoms with E-state index in [1.807, 2.05) is 36.4 Å². The molecule has 2 heteroatoms. The van der Waals surface area contributed by atoms with Gasteiger partial charge in [-0.3, -0.25) is 4.79 Å². The van der Waals surface area contributed by atoms with Crippen LogP contribution in [-0.4, -0.2) is 11.1 Å². The van der Waals surface area contributed by atoms with Gasteiger partial charge in [0.1, 0.15) is 0 Å². The van der Waals surface area contributed by atoms with Gasteiger partial charge in [0.15, 0.2) is 0 Å². The number of fused-ring (bicyclic) bond motifs is 1. The van der Waals surface area contributed by atoms with Crippen molar-refractivity contribution in [2.45, 2.75) is 63.7 Å². The molecule has 0 bridgehead atoms. The smallest absolute Gasteiger partial charge is 0.311 e. The summed E-state index contributed by atoms with van der Waals surface area (Å²) in [5.74, 6) is -1.26. The molecule has 0 spiro atoms. The first-order valence-electron chi connectivity index (χ1n) is 9.12. The number of rotatable bonds is 4. The predicted molar refractivity (Wildman–Crippen MR) is 102 cm³/mol. The lowest BCUT2D eigenvalue weighted by Crippen LogP contribution is -2.34. The molecule has 1 aliphatic rings. The Morgan fingerprint density at radius 2 is 1.56 bits per heavy atom. The van der Waals surface area contributed by atoms with Gasteiger partial charge in [-0.1, -0.05) is 76.2 Å². The quantitative estimate of drug-likeness (QED) is 0.806. The average Bonchev–Trinajstić information content (AvgIpc) is 2.57. The summed E-state index contributed by atoms with van der Waals surface area (Å²) in [5, 5.41) is 9.82. The fourth-order valence-electron chi connectivity index (χ4n) is 4.02. The van der Waals surface area contributed by atoms with Crippen molar-refractivity contribution in [3.05, 3.63) is 70.8 Å². The summed E-state index contributed by atoms with van der Waals surface area (Å²) in [7, 11) is 0. The van der Waals surface area contributed by atoms with E-state index in [9.17, 15) is 9.90 Å². The third-order valence-corrected chi connectivity index (χ3v) is 5.86. The predicted octanol–water partition coefficient (Wildman–Crippen LogP) is 5.45. The van der Waals surface area contributed by atoms with Gasteiger partial charge in [-0.15, -0.1) is 0 Å². The molecule has 0 heterocycles. The number of carboxylic acid groups (broad SMARTS) is 1. The lowest BCUT2D eigenvalue weighted by Gasteiger charge is -2.42. The molecule has 0 amide bonds. The zero-order valence-corrected chi connectivity index (χ0v) is 15.7. The molecule has 1 aliphatic carbocycles.